The third-order valence-electron chi connectivity index (χ3n) is 5.79. The first-order valence-electron chi connectivity index (χ1n) is 9.49. The van der Waals surface area contributed by atoms with Gasteiger partial charge in [-0.25, -0.2) is 4.79 Å². The molecule has 0 saturated heterocycles. The Hall–Kier alpha value is -2.75. The van der Waals surface area contributed by atoms with E-state index in [1.165, 1.54) is 55.0 Å². The second-order valence-electron chi connectivity index (χ2n) is 7.25. The zero-order chi connectivity index (χ0) is 19.0. The third kappa shape index (κ3) is 2.99. The van der Waals surface area contributed by atoms with E-state index < -0.39 is 0 Å². The molecule has 2 aromatic carbocycles. The molecule has 1 saturated carbocycles. The van der Waals surface area contributed by atoms with E-state index in [-0.39, 0.29) is 5.97 Å². The molecule has 1 fully saturated rings. The molecule has 0 atom stereocenters. The molecule has 0 unspecified atom stereocenters. The topological polar surface area (TPSA) is 40.5 Å². The Kier molecular flexibility index (Phi) is 4.65. The molecule has 1 aliphatic rings. The van der Waals surface area contributed by atoms with Crippen molar-refractivity contribution in [2.24, 2.45) is 7.05 Å². The summed E-state index contributed by atoms with van der Waals surface area (Å²) >= 11 is 0. The number of benzene rings is 2. The first-order valence-corrected chi connectivity index (χ1v) is 9.49. The monoisotopic (exact) mass is 363 g/mol. The highest BCUT2D eigenvalue weighted by Crippen LogP contribution is 2.44. The summed E-state index contributed by atoms with van der Waals surface area (Å²) < 4.78 is 12.4. The number of rotatable bonds is 4. The van der Waals surface area contributed by atoms with E-state index in [4.69, 9.17) is 9.47 Å². The summed E-state index contributed by atoms with van der Waals surface area (Å²) in [4.78, 5) is 12.0. The van der Waals surface area contributed by atoms with Gasteiger partial charge < -0.3 is 14.0 Å². The van der Waals surface area contributed by atoms with Gasteiger partial charge in [-0.05, 0) is 66.3 Å². The van der Waals surface area contributed by atoms with E-state index in [0.717, 1.165) is 11.3 Å². The average molecular weight is 363 g/mol. The molecule has 140 valence electrons. The molecule has 1 aromatic heterocycles. The number of esters is 1. The summed E-state index contributed by atoms with van der Waals surface area (Å²) in [5.41, 5.74) is 5.49. The number of aromatic nitrogens is 1. The van der Waals surface area contributed by atoms with Gasteiger partial charge in [-0.2, -0.15) is 0 Å². The summed E-state index contributed by atoms with van der Waals surface area (Å²) in [6.45, 7) is 0. The predicted octanol–water partition coefficient (Wildman–Crippen LogP) is 5.30. The van der Waals surface area contributed by atoms with Gasteiger partial charge in [-0.15, -0.1) is 0 Å². The van der Waals surface area contributed by atoms with Crippen LogP contribution in [0.5, 0.6) is 5.75 Å². The summed E-state index contributed by atoms with van der Waals surface area (Å²) in [5.74, 6) is 1.12. The summed E-state index contributed by atoms with van der Waals surface area (Å²) in [6, 6.07) is 14.2. The number of nitrogens with zero attached hydrogens (tertiary/aromatic N) is 1. The van der Waals surface area contributed by atoms with Crippen molar-refractivity contribution < 1.29 is 14.3 Å². The maximum atomic E-state index is 12.0. The zero-order valence-corrected chi connectivity index (χ0v) is 16.1. The van der Waals surface area contributed by atoms with Crippen LogP contribution in [0, 0.1) is 0 Å². The van der Waals surface area contributed by atoms with Crippen LogP contribution in [0.4, 0.5) is 0 Å². The van der Waals surface area contributed by atoms with Crippen LogP contribution < -0.4 is 4.74 Å². The van der Waals surface area contributed by atoms with Gasteiger partial charge in [0.1, 0.15) is 5.75 Å². The lowest BCUT2D eigenvalue weighted by atomic mass is 9.92. The highest BCUT2D eigenvalue weighted by atomic mass is 16.5. The Morgan fingerprint density at radius 1 is 1.04 bits per heavy atom. The van der Waals surface area contributed by atoms with E-state index in [2.05, 4.69) is 29.8 Å². The Morgan fingerprint density at radius 3 is 2.37 bits per heavy atom. The molecular formula is C23H25NO3. The van der Waals surface area contributed by atoms with E-state index in [1.54, 1.807) is 7.11 Å². The molecule has 4 rings (SSSR count). The second-order valence-corrected chi connectivity index (χ2v) is 7.25. The van der Waals surface area contributed by atoms with Crippen LogP contribution in [-0.4, -0.2) is 24.8 Å². The summed E-state index contributed by atoms with van der Waals surface area (Å²) in [7, 11) is 5.19. The van der Waals surface area contributed by atoms with Crippen molar-refractivity contribution in [1.29, 1.82) is 0 Å². The number of carbonyl (C=O) groups excluding carboxylic acids is 1. The van der Waals surface area contributed by atoms with Crippen molar-refractivity contribution in [3.63, 3.8) is 0 Å². The fourth-order valence-corrected chi connectivity index (χ4v) is 4.44. The van der Waals surface area contributed by atoms with Gasteiger partial charge in [-0.1, -0.05) is 18.9 Å². The quantitative estimate of drug-likeness (QED) is 0.591. The van der Waals surface area contributed by atoms with Crippen LogP contribution in [0.15, 0.2) is 42.5 Å². The van der Waals surface area contributed by atoms with Crippen molar-refractivity contribution in [2.45, 2.75) is 31.6 Å². The van der Waals surface area contributed by atoms with Crippen molar-refractivity contribution in [2.75, 3.05) is 14.2 Å². The molecule has 0 aliphatic heterocycles. The molecule has 0 spiro atoms. The molecular weight excluding hydrogens is 338 g/mol. The number of hydrogen-bond donors (Lipinski definition) is 0. The molecule has 3 aromatic rings. The second kappa shape index (κ2) is 7.10. The summed E-state index contributed by atoms with van der Waals surface area (Å²) in [5, 5.41) is 1.24. The Bertz CT molecular complexity index is 979. The van der Waals surface area contributed by atoms with Gasteiger partial charge in [0.2, 0.25) is 0 Å². The minimum Gasteiger partial charge on any atom is -0.497 e. The van der Waals surface area contributed by atoms with Crippen molar-refractivity contribution in [1.82, 2.24) is 4.57 Å². The lowest BCUT2D eigenvalue weighted by Gasteiger charge is -2.14. The van der Waals surface area contributed by atoms with Crippen molar-refractivity contribution in [3.05, 3.63) is 53.6 Å². The zero-order valence-electron chi connectivity index (χ0n) is 16.1. The normalized spacial score (nSPS) is 14.6. The van der Waals surface area contributed by atoms with E-state index >= 15 is 0 Å². The number of methoxy groups -OCH3 is 2. The number of hydrogen-bond acceptors (Lipinski definition) is 3. The Balaban J connectivity index is 1.95. The van der Waals surface area contributed by atoms with Crippen LogP contribution in [0.1, 0.15) is 47.5 Å². The number of aryl methyl sites for hydroxylation is 1. The minimum atomic E-state index is -0.300. The van der Waals surface area contributed by atoms with Crippen LogP contribution in [-0.2, 0) is 11.8 Å². The van der Waals surface area contributed by atoms with Crippen LogP contribution in [0.2, 0.25) is 0 Å². The van der Waals surface area contributed by atoms with Gasteiger partial charge in [0.25, 0.3) is 0 Å². The largest absolute Gasteiger partial charge is 0.497 e. The molecule has 0 radical (unpaired) electrons. The van der Waals surface area contributed by atoms with Gasteiger partial charge in [0.05, 0.1) is 25.5 Å². The molecule has 4 nitrogen and oxygen atoms in total. The molecule has 1 heterocycles. The lowest BCUT2D eigenvalue weighted by Crippen LogP contribution is -2.01. The van der Waals surface area contributed by atoms with Gasteiger partial charge in [0, 0.05) is 18.0 Å². The fraction of sp³-hybridized carbons (Fsp3) is 0.348. The number of fused-ring (bicyclic) bond motifs is 1. The minimum absolute atomic E-state index is 0.300. The van der Waals surface area contributed by atoms with E-state index in [9.17, 15) is 4.79 Å². The number of carbonyl (C=O) groups is 1. The first kappa shape index (κ1) is 17.7. The van der Waals surface area contributed by atoms with Gasteiger partial charge in [0.15, 0.2) is 0 Å². The average Bonchev–Trinajstić information content (AvgIpc) is 3.33. The maximum Gasteiger partial charge on any atom is 0.337 e. The maximum absolute atomic E-state index is 12.0. The lowest BCUT2D eigenvalue weighted by molar-refractivity contribution is 0.0601. The molecule has 1 aliphatic carbocycles. The van der Waals surface area contributed by atoms with Crippen LogP contribution in [0.3, 0.4) is 0 Å². The van der Waals surface area contributed by atoms with E-state index in [1.807, 2.05) is 24.3 Å². The Labute approximate surface area is 159 Å². The van der Waals surface area contributed by atoms with Crippen LogP contribution >= 0.6 is 0 Å². The molecule has 27 heavy (non-hydrogen) atoms. The molecule has 0 N–H and O–H groups in total. The predicted molar refractivity (Wildman–Crippen MR) is 107 cm³/mol. The molecule has 0 amide bonds. The first-order chi connectivity index (χ1) is 13.1. The van der Waals surface area contributed by atoms with Crippen LogP contribution in [0.25, 0.3) is 22.2 Å². The highest BCUT2D eigenvalue weighted by Gasteiger charge is 2.26. The molecule has 0 bridgehead atoms. The van der Waals surface area contributed by atoms with Gasteiger partial charge >= 0.3 is 5.97 Å². The summed E-state index contributed by atoms with van der Waals surface area (Å²) in [6.07, 6.45) is 5.01. The standard InChI is InChI=1S/C23H25NO3/c1-24-20-14-17(23(25)27-3)10-13-19(20)21(15-6-4-5-7-15)22(24)16-8-11-18(26-2)12-9-16/h8-15H,4-7H2,1-3H3. The smallest absolute Gasteiger partial charge is 0.337 e. The van der Waals surface area contributed by atoms with Gasteiger partial charge in [-0.3, -0.25) is 0 Å². The Morgan fingerprint density at radius 2 is 1.74 bits per heavy atom. The SMILES string of the molecule is COC(=O)c1ccc2c(C3CCCC3)c(-c3ccc(OC)cc3)n(C)c2c1. The van der Waals surface area contributed by atoms with E-state index in [0.29, 0.717) is 11.5 Å². The van der Waals surface area contributed by atoms with Crippen molar-refractivity contribution in [3.8, 4) is 17.0 Å². The fourth-order valence-electron chi connectivity index (χ4n) is 4.44. The van der Waals surface area contributed by atoms with Crippen molar-refractivity contribution >= 4 is 16.9 Å². The molecule has 4 heteroatoms. The highest BCUT2D eigenvalue weighted by molar-refractivity contribution is 5.98. The number of ether oxygens (including phenoxy) is 2. The third-order valence-corrected chi connectivity index (χ3v) is 5.79.